The molecule has 0 aromatic carbocycles. The van der Waals surface area contributed by atoms with Crippen LogP contribution in [-0.4, -0.2) is 41.9 Å². The van der Waals surface area contributed by atoms with Crippen molar-refractivity contribution in [3.8, 4) is 0 Å². The first-order chi connectivity index (χ1) is 5.13. The molecule has 11 heavy (non-hydrogen) atoms. The van der Waals surface area contributed by atoms with E-state index in [4.69, 9.17) is 4.74 Å². The van der Waals surface area contributed by atoms with Crippen LogP contribution in [0.1, 0.15) is 6.92 Å². The lowest BCUT2D eigenvalue weighted by Crippen LogP contribution is -2.51. The van der Waals surface area contributed by atoms with Gasteiger partial charge in [-0.15, -0.1) is 0 Å². The molecule has 0 aromatic rings. The van der Waals surface area contributed by atoms with E-state index in [1.165, 1.54) is 0 Å². The number of ether oxygens (including phenoxy) is 1. The molecule has 1 atom stereocenters. The van der Waals surface area contributed by atoms with Crippen LogP contribution in [-0.2, 0) is 9.53 Å². The van der Waals surface area contributed by atoms with Crippen LogP contribution in [0.25, 0.3) is 0 Å². The van der Waals surface area contributed by atoms with Crippen molar-refractivity contribution in [3.05, 3.63) is 0 Å². The molecular formula is C7H12BrNO2. The Hall–Kier alpha value is -0.0900. The van der Waals surface area contributed by atoms with Gasteiger partial charge in [-0.3, -0.25) is 4.79 Å². The van der Waals surface area contributed by atoms with E-state index in [1.807, 2.05) is 14.0 Å². The van der Waals surface area contributed by atoms with E-state index in [9.17, 15) is 4.79 Å². The first-order valence-electron chi connectivity index (χ1n) is 3.61. The molecule has 0 spiro atoms. The molecule has 1 aliphatic rings. The van der Waals surface area contributed by atoms with Crippen LogP contribution >= 0.6 is 15.9 Å². The molecule has 1 aliphatic heterocycles. The van der Waals surface area contributed by atoms with E-state index in [0.717, 1.165) is 0 Å². The Bertz CT molecular complexity index is 157. The van der Waals surface area contributed by atoms with Crippen molar-refractivity contribution in [3.63, 3.8) is 0 Å². The molecule has 0 saturated carbocycles. The maximum absolute atomic E-state index is 11.3. The van der Waals surface area contributed by atoms with E-state index < -0.39 is 0 Å². The molecule has 0 N–H and O–H groups in total. The molecular weight excluding hydrogens is 210 g/mol. The lowest BCUT2D eigenvalue weighted by atomic mass is 10.2. The Labute approximate surface area is 74.8 Å². The van der Waals surface area contributed by atoms with Gasteiger partial charge in [0.05, 0.1) is 24.1 Å². The van der Waals surface area contributed by atoms with Gasteiger partial charge in [-0.05, 0) is 6.92 Å². The Balaban J connectivity index is 2.39. The molecule has 0 aliphatic carbocycles. The van der Waals surface area contributed by atoms with E-state index in [-0.39, 0.29) is 10.7 Å². The summed E-state index contributed by atoms with van der Waals surface area (Å²) < 4.78 is 4.98. The lowest BCUT2D eigenvalue weighted by molar-refractivity contribution is -0.140. The Morgan fingerprint density at radius 1 is 1.73 bits per heavy atom. The van der Waals surface area contributed by atoms with Gasteiger partial charge in [0.25, 0.3) is 0 Å². The molecule has 1 fully saturated rings. The standard InChI is InChI=1S/C7H12BrNO2/c1-5(8)7(10)9(2)6-3-11-4-6/h5-6H,3-4H2,1-2H3/t5-/m1/s1. The van der Waals surface area contributed by atoms with Crippen molar-refractivity contribution in [1.82, 2.24) is 4.90 Å². The van der Waals surface area contributed by atoms with Gasteiger partial charge in [-0.2, -0.15) is 0 Å². The van der Waals surface area contributed by atoms with Gasteiger partial charge in [0.15, 0.2) is 0 Å². The van der Waals surface area contributed by atoms with Gasteiger partial charge in [0, 0.05) is 7.05 Å². The first kappa shape index (κ1) is 9.00. The van der Waals surface area contributed by atoms with Crippen molar-refractivity contribution in [1.29, 1.82) is 0 Å². The number of carbonyl (C=O) groups is 1. The van der Waals surface area contributed by atoms with Crippen LogP contribution in [0.15, 0.2) is 0 Å². The zero-order chi connectivity index (χ0) is 8.43. The highest BCUT2D eigenvalue weighted by Crippen LogP contribution is 2.11. The van der Waals surface area contributed by atoms with Gasteiger partial charge in [0.2, 0.25) is 5.91 Å². The highest BCUT2D eigenvalue weighted by Gasteiger charge is 2.28. The van der Waals surface area contributed by atoms with Crippen molar-refractivity contribution in [2.45, 2.75) is 17.8 Å². The van der Waals surface area contributed by atoms with Crippen molar-refractivity contribution < 1.29 is 9.53 Å². The smallest absolute Gasteiger partial charge is 0.236 e. The molecule has 4 heteroatoms. The third kappa shape index (κ3) is 1.93. The summed E-state index contributed by atoms with van der Waals surface area (Å²) in [6, 6.07) is 0.294. The predicted molar refractivity (Wildman–Crippen MR) is 45.8 cm³/mol. The molecule has 0 unspecified atom stereocenters. The van der Waals surface area contributed by atoms with Crippen LogP contribution in [0.2, 0.25) is 0 Å². The fourth-order valence-electron chi connectivity index (χ4n) is 0.907. The normalized spacial score (nSPS) is 20.6. The van der Waals surface area contributed by atoms with Gasteiger partial charge in [-0.25, -0.2) is 0 Å². The molecule has 1 saturated heterocycles. The highest BCUT2D eigenvalue weighted by atomic mass is 79.9. The second-order valence-electron chi connectivity index (χ2n) is 2.76. The topological polar surface area (TPSA) is 29.5 Å². The maximum Gasteiger partial charge on any atom is 0.236 e. The zero-order valence-corrected chi connectivity index (χ0v) is 8.30. The quantitative estimate of drug-likeness (QED) is 0.641. The summed E-state index contributed by atoms with van der Waals surface area (Å²) in [5, 5.41) is 0. The van der Waals surface area contributed by atoms with Crippen molar-refractivity contribution in [2.75, 3.05) is 20.3 Å². The number of hydrogen-bond acceptors (Lipinski definition) is 2. The molecule has 0 aromatic heterocycles. The minimum absolute atomic E-state index is 0.0897. The average Bonchev–Trinajstić information content (AvgIpc) is 1.82. The summed E-state index contributed by atoms with van der Waals surface area (Å²) >= 11 is 3.23. The second kappa shape index (κ2) is 3.54. The number of rotatable bonds is 2. The van der Waals surface area contributed by atoms with E-state index in [2.05, 4.69) is 15.9 Å². The Kier molecular flexibility index (Phi) is 2.90. The molecule has 1 amide bonds. The summed E-state index contributed by atoms with van der Waals surface area (Å²) in [4.78, 5) is 12.9. The lowest BCUT2D eigenvalue weighted by Gasteiger charge is -2.35. The highest BCUT2D eigenvalue weighted by molar-refractivity contribution is 9.10. The third-order valence-electron chi connectivity index (χ3n) is 1.86. The minimum Gasteiger partial charge on any atom is -0.377 e. The van der Waals surface area contributed by atoms with Crippen molar-refractivity contribution >= 4 is 21.8 Å². The van der Waals surface area contributed by atoms with Crippen LogP contribution in [0.5, 0.6) is 0 Å². The predicted octanol–water partition coefficient (Wildman–Crippen LogP) is 0.627. The number of nitrogens with zero attached hydrogens (tertiary/aromatic N) is 1. The van der Waals surface area contributed by atoms with Crippen molar-refractivity contribution in [2.24, 2.45) is 0 Å². The molecule has 1 rings (SSSR count). The number of amides is 1. The average molecular weight is 222 g/mol. The van der Waals surface area contributed by atoms with Crippen LogP contribution in [0.4, 0.5) is 0 Å². The summed E-state index contributed by atoms with van der Waals surface area (Å²) in [6.45, 7) is 3.20. The minimum atomic E-state index is -0.0897. The Morgan fingerprint density at radius 2 is 2.27 bits per heavy atom. The fourth-order valence-corrected chi connectivity index (χ4v) is 1.23. The van der Waals surface area contributed by atoms with E-state index >= 15 is 0 Å². The summed E-state index contributed by atoms with van der Waals surface area (Å²) in [7, 11) is 1.81. The number of alkyl halides is 1. The van der Waals surface area contributed by atoms with E-state index in [1.54, 1.807) is 4.90 Å². The van der Waals surface area contributed by atoms with E-state index in [0.29, 0.717) is 19.3 Å². The molecule has 0 radical (unpaired) electrons. The number of halogens is 1. The third-order valence-corrected chi connectivity index (χ3v) is 2.25. The molecule has 1 heterocycles. The maximum atomic E-state index is 11.3. The second-order valence-corrected chi connectivity index (χ2v) is 4.13. The first-order valence-corrected chi connectivity index (χ1v) is 4.53. The van der Waals surface area contributed by atoms with Gasteiger partial charge >= 0.3 is 0 Å². The molecule has 0 bridgehead atoms. The zero-order valence-electron chi connectivity index (χ0n) is 6.71. The summed E-state index contributed by atoms with van der Waals surface area (Å²) in [5.74, 6) is 0.123. The van der Waals surface area contributed by atoms with Crippen LogP contribution in [0.3, 0.4) is 0 Å². The largest absolute Gasteiger partial charge is 0.377 e. The SMILES string of the molecule is C[C@@H](Br)C(=O)N(C)C1COC1. The monoisotopic (exact) mass is 221 g/mol. The summed E-state index contributed by atoms with van der Waals surface area (Å²) in [5.41, 5.74) is 0. The van der Waals surface area contributed by atoms with Gasteiger partial charge in [0.1, 0.15) is 0 Å². The van der Waals surface area contributed by atoms with Crippen LogP contribution < -0.4 is 0 Å². The van der Waals surface area contributed by atoms with Gasteiger partial charge < -0.3 is 9.64 Å². The van der Waals surface area contributed by atoms with Crippen LogP contribution in [0, 0.1) is 0 Å². The number of carbonyl (C=O) groups excluding carboxylic acids is 1. The molecule has 3 nitrogen and oxygen atoms in total. The molecule has 64 valence electrons. The Morgan fingerprint density at radius 3 is 2.55 bits per heavy atom. The fraction of sp³-hybridized carbons (Fsp3) is 0.857. The summed E-state index contributed by atoms with van der Waals surface area (Å²) in [6.07, 6.45) is 0. The van der Waals surface area contributed by atoms with Gasteiger partial charge in [-0.1, -0.05) is 15.9 Å². The number of likely N-dealkylation sites (N-methyl/N-ethyl adjacent to an activating group) is 1. The number of hydrogen-bond donors (Lipinski definition) is 0.